The molecule has 0 bridgehead atoms. The van der Waals surface area contributed by atoms with Gasteiger partial charge in [0.25, 0.3) is 0 Å². The number of piperazine rings is 1. The lowest BCUT2D eigenvalue weighted by molar-refractivity contribution is 0.227. The molecule has 114 valence electrons. The van der Waals surface area contributed by atoms with Crippen LogP contribution in [0.5, 0.6) is 0 Å². The van der Waals surface area contributed by atoms with Crippen LogP contribution in [-0.4, -0.2) is 54.1 Å². The second-order valence-corrected chi connectivity index (χ2v) is 7.14. The van der Waals surface area contributed by atoms with E-state index >= 15 is 0 Å². The monoisotopic (exact) mass is 305 g/mol. The molecule has 0 spiro atoms. The number of thiophene rings is 1. The van der Waals surface area contributed by atoms with E-state index in [0.717, 1.165) is 49.9 Å². The number of rotatable bonds is 4. The maximum Gasteiger partial charge on any atom is 0.140 e. The summed E-state index contributed by atoms with van der Waals surface area (Å²) < 4.78 is 0. The van der Waals surface area contributed by atoms with Crippen LogP contribution in [0, 0.1) is 12.8 Å². The predicted molar refractivity (Wildman–Crippen MR) is 89.0 cm³/mol. The lowest BCUT2D eigenvalue weighted by Crippen LogP contribution is -2.48. The van der Waals surface area contributed by atoms with Gasteiger partial charge in [-0.25, -0.2) is 9.97 Å². The van der Waals surface area contributed by atoms with E-state index in [4.69, 9.17) is 5.73 Å². The third-order valence-electron chi connectivity index (χ3n) is 4.08. The molecule has 3 heterocycles. The molecule has 1 fully saturated rings. The van der Waals surface area contributed by atoms with E-state index in [1.807, 2.05) is 0 Å². The van der Waals surface area contributed by atoms with Gasteiger partial charge in [-0.05, 0) is 25.5 Å². The van der Waals surface area contributed by atoms with Crippen molar-refractivity contribution in [1.29, 1.82) is 0 Å². The van der Waals surface area contributed by atoms with E-state index in [2.05, 4.69) is 39.7 Å². The van der Waals surface area contributed by atoms with E-state index in [1.54, 1.807) is 17.7 Å². The molecule has 2 aromatic rings. The number of fused-ring (bicyclic) bond motifs is 1. The molecule has 1 aliphatic heterocycles. The maximum absolute atomic E-state index is 5.72. The summed E-state index contributed by atoms with van der Waals surface area (Å²) in [6.07, 6.45) is 1.69. The lowest BCUT2D eigenvalue weighted by Gasteiger charge is -2.36. The largest absolute Gasteiger partial charge is 0.353 e. The van der Waals surface area contributed by atoms with Crippen LogP contribution in [-0.2, 0) is 0 Å². The smallest absolute Gasteiger partial charge is 0.140 e. The standard InChI is InChI=1S/C15H23N5S/c1-11(8-16)9-19-3-5-20(6-4-19)14-13-7-12(2)21-15(13)18-10-17-14/h7,10-11H,3-6,8-9,16H2,1-2H3. The van der Waals surface area contributed by atoms with Gasteiger partial charge in [-0.3, -0.25) is 4.90 Å². The molecule has 1 aliphatic rings. The van der Waals surface area contributed by atoms with Crippen LogP contribution in [0.15, 0.2) is 12.4 Å². The fourth-order valence-corrected chi connectivity index (χ4v) is 3.71. The fraction of sp³-hybridized carbons (Fsp3) is 0.600. The first-order valence-electron chi connectivity index (χ1n) is 7.56. The first kappa shape index (κ1) is 14.7. The van der Waals surface area contributed by atoms with Crippen molar-refractivity contribution in [3.8, 4) is 0 Å². The predicted octanol–water partition coefficient (Wildman–Crippen LogP) is 1.72. The van der Waals surface area contributed by atoms with Gasteiger partial charge in [0.1, 0.15) is 17.0 Å². The van der Waals surface area contributed by atoms with Crippen molar-refractivity contribution in [2.45, 2.75) is 13.8 Å². The van der Waals surface area contributed by atoms with E-state index < -0.39 is 0 Å². The van der Waals surface area contributed by atoms with E-state index in [9.17, 15) is 0 Å². The highest BCUT2D eigenvalue weighted by atomic mass is 32.1. The van der Waals surface area contributed by atoms with Crippen molar-refractivity contribution in [3.05, 3.63) is 17.3 Å². The first-order chi connectivity index (χ1) is 10.2. The topological polar surface area (TPSA) is 58.3 Å². The number of hydrogen-bond acceptors (Lipinski definition) is 6. The molecule has 2 N–H and O–H groups in total. The molecule has 0 amide bonds. The van der Waals surface area contributed by atoms with Crippen LogP contribution >= 0.6 is 11.3 Å². The van der Waals surface area contributed by atoms with Gasteiger partial charge in [0, 0.05) is 37.6 Å². The molecule has 1 saturated heterocycles. The highest BCUT2D eigenvalue weighted by Crippen LogP contribution is 2.30. The molecule has 3 rings (SSSR count). The van der Waals surface area contributed by atoms with E-state index in [0.29, 0.717) is 5.92 Å². The van der Waals surface area contributed by atoms with Crippen LogP contribution in [0.25, 0.3) is 10.2 Å². The van der Waals surface area contributed by atoms with Gasteiger partial charge in [-0.2, -0.15) is 0 Å². The molecule has 0 aliphatic carbocycles. The average molecular weight is 305 g/mol. The van der Waals surface area contributed by atoms with Crippen molar-refractivity contribution < 1.29 is 0 Å². The minimum atomic E-state index is 0.571. The van der Waals surface area contributed by atoms with E-state index in [1.165, 1.54) is 10.3 Å². The Kier molecular flexibility index (Phi) is 4.37. The third kappa shape index (κ3) is 3.17. The van der Waals surface area contributed by atoms with Crippen LogP contribution in [0.2, 0.25) is 0 Å². The summed E-state index contributed by atoms with van der Waals surface area (Å²) in [4.78, 5) is 16.2. The van der Waals surface area contributed by atoms with E-state index in [-0.39, 0.29) is 0 Å². The van der Waals surface area contributed by atoms with Crippen molar-refractivity contribution in [1.82, 2.24) is 14.9 Å². The number of aromatic nitrogens is 2. The van der Waals surface area contributed by atoms with Crippen LogP contribution in [0.4, 0.5) is 5.82 Å². The second-order valence-electron chi connectivity index (χ2n) is 5.90. The zero-order valence-corrected chi connectivity index (χ0v) is 13.6. The Morgan fingerprint density at radius 2 is 2.05 bits per heavy atom. The molecular formula is C15H23N5S. The Labute approximate surface area is 129 Å². The van der Waals surface area contributed by atoms with Gasteiger partial charge >= 0.3 is 0 Å². The van der Waals surface area contributed by atoms with Crippen molar-refractivity contribution in [3.63, 3.8) is 0 Å². The van der Waals surface area contributed by atoms with Crippen LogP contribution < -0.4 is 10.6 Å². The van der Waals surface area contributed by atoms with Crippen LogP contribution in [0.1, 0.15) is 11.8 Å². The Balaban J connectivity index is 1.71. The van der Waals surface area contributed by atoms with Crippen molar-refractivity contribution in [2.24, 2.45) is 11.7 Å². The second kappa shape index (κ2) is 6.25. The maximum atomic E-state index is 5.72. The minimum absolute atomic E-state index is 0.571. The van der Waals surface area contributed by atoms with Crippen molar-refractivity contribution in [2.75, 3.05) is 44.2 Å². The molecule has 1 atom stereocenters. The first-order valence-corrected chi connectivity index (χ1v) is 8.37. The summed E-state index contributed by atoms with van der Waals surface area (Å²) in [5.41, 5.74) is 5.72. The van der Waals surface area contributed by atoms with Gasteiger partial charge in [-0.15, -0.1) is 11.3 Å². The quantitative estimate of drug-likeness (QED) is 0.932. The Morgan fingerprint density at radius 1 is 1.29 bits per heavy atom. The number of aryl methyl sites for hydroxylation is 1. The summed E-state index contributed by atoms with van der Waals surface area (Å²) >= 11 is 1.74. The zero-order valence-electron chi connectivity index (χ0n) is 12.7. The lowest BCUT2D eigenvalue weighted by atomic mass is 10.1. The molecule has 1 unspecified atom stereocenters. The van der Waals surface area contributed by atoms with Gasteiger partial charge in [0.15, 0.2) is 0 Å². The number of anilines is 1. The summed E-state index contributed by atoms with van der Waals surface area (Å²) in [7, 11) is 0. The molecule has 6 heteroatoms. The summed E-state index contributed by atoms with van der Waals surface area (Å²) in [6, 6.07) is 2.21. The SMILES string of the molecule is Cc1cc2c(N3CCN(CC(C)CN)CC3)ncnc2s1. The molecule has 5 nitrogen and oxygen atoms in total. The Bertz CT molecular complexity index is 603. The van der Waals surface area contributed by atoms with Gasteiger partial charge in [0.05, 0.1) is 5.39 Å². The summed E-state index contributed by atoms with van der Waals surface area (Å²) in [5.74, 6) is 1.66. The van der Waals surface area contributed by atoms with Crippen LogP contribution in [0.3, 0.4) is 0 Å². The van der Waals surface area contributed by atoms with Gasteiger partial charge in [0.2, 0.25) is 0 Å². The van der Waals surface area contributed by atoms with Crippen molar-refractivity contribution >= 4 is 27.4 Å². The van der Waals surface area contributed by atoms with Gasteiger partial charge < -0.3 is 10.6 Å². The third-order valence-corrected chi connectivity index (χ3v) is 5.03. The summed E-state index contributed by atoms with van der Waals surface area (Å²) in [5, 5.41) is 1.20. The van der Waals surface area contributed by atoms with Gasteiger partial charge in [-0.1, -0.05) is 6.92 Å². The molecule has 2 aromatic heterocycles. The molecule has 21 heavy (non-hydrogen) atoms. The molecule has 0 radical (unpaired) electrons. The fourth-order valence-electron chi connectivity index (χ4n) is 2.87. The molecular weight excluding hydrogens is 282 g/mol. The number of nitrogens with two attached hydrogens (primary N) is 1. The number of hydrogen-bond donors (Lipinski definition) is 1. The highest BCUT2D eigenvalue weighted by Gasteiger charge is 2.21. The highest BCUT2D eigenvalue weighted by molar-refractivity contribution is 7.18. The average Bonchev–Trinajstić information content (AvgIpc) is 2.88. The molecule has 0 saturated carbocycles. The molecule has 0 aromatic carbocycles. The number of nitrogens with zero attached hydrogens (tertiary/aromatic N) is 4. The minimum Gasteiger partial charge on any atom is -0.353 e. The normalized spacial score (nSPS) is 18.3. The Morgan fingerprint density at radius 3 is 2.76 bits per heavy atom. The Hall–Kier alpha value is -1.24. The zero-order chi connectivity index (χ0) is 14.8. The summed E-state index contributed by atoms with van der Waals surface area (Å²) in [6.45, 7) is 10.4.